The third-order valence-electron chi connectivity index (χ3n) is 3.16. The summed E-state index contributed by atoms with van der Waals surface area (Å²) in [5.41, 5.74) is 3.04. The average Bonchev–Trinajstić information content (AvgIpc) is 2.40. The molecule has 2 aromatic carbocycles. The lowest BCUT2D eigenvalue weighted by Crippen LogP contribution is -2.03. The zero-order valence-electron chi connectivity index (χ0n) is 11.6. The Morgan fingerprint density at radius 2 is 1.90 bits per heavy atom. The molecule has 1 unspecified atom stereocenters. The average molecular weight is 401 g/mol. The maximum Gasteiger partial charge on any atom is 0.105 e. The van der Waals surface area contributed by atoms with Gasteiger partial charge in [-0.25, -0.2) is 0 Å². The van der Waals surface area contributed by atoms with Crippen molar-refractivity contribution in [2.45, 2.75) is 26.4 Å². The lowest BCUT2D eigenvalue weighted by atomic mass is 9.96. The van der Waals surface area contributed by atoms with Crippen molar-refractivity contribution in [1.29, 1.82) is 0 Å². The van der Waals surface area contributed by atoms with Crippen molar-refractivity contribution in [2.75, 3.05) is 0 Å². The van der Waals surface area contributed by atoms with Crippen molar-refractivity contribution in [3.05, 3.63) is 67.7 Å². The molecule has 0 spiro atoms. The van der Waals surface area contributed by atoms with Crippen LogP contribution >= 0.6 is 34.2 Å². The van der Waals surface area contributed by atoms with Gasteiger partial charge >= 0.3 is 0 Å². The Morgan fingerprint density at radius 1 is 1.15 bits per heavy atom. The molecular formula is C17H18ClIO. The molecule has 106 valence electrons. The molecule has 1 nitrogen and oxygen atoms in total. The number of aliphatic hydroxyl groups is 1. The van der Waals surface area contributed by atoms with Crippen LogP contribution in [0.15, 0.2) is 42.5 Å². The minimum atomic E-state index is -0.632. The predicted molar refractivity (Wildman–Crippen MR) is 93.2 cm³/mol. The first kappa shape index (κ1) is 15.8. The van der Waals surface area contributed by atoms with Crippen molar-refractivity contribution < 1.29 is 5.11 Å². The van der Waals surface area contributed by atoms with Crippen LogP contribution in [-0.4, -0.2) is 5.11 Å². The van der Waals surface area contributed by atoms with Gasteiger partial charge in [-0.2, -0.15) is 0 Å². The van der Waals surface area contributed by atoms with Gasteiger partial charge in [0.25, 0.3) is 0 Å². The molecule has 0 fully saturated rings. The molecule has 0 aliphatic heterocycles. The molecule has 2 aromatic rings. The highest BCUT2D eigenvalue weighted by molar-refractivity contribution is 14.1. The maximum absolute atomic E-state index is 10.6. The quantitative estimate of drug-likeness (QED) is 0.697. The molecule has 0 radical (unpaired) electrons. The van der Waals surface area contributed by atoms with E-state index < -0.39 is 6.10 Å². The fourth-order valence-electron chi connectivity index (χ4n) is 2.27. The zero-order chi connectivity index (χ0) is 14.7. The van der Waals surface area contributed by atoms with Crippen LogP contribution in [0.3, 0.4) is 0 Å². The topological polar surface area (TPSA) is 20.2 Å². The minimum Gasteiger partial charge on any atom is -0.384 e. The molecule has 20 heavy (non-hydrogen) atoms. The maximum atomic E-state index is 10.6. The van der Waals surface area contributed by atoms with Crippen LogP contribution < -0.4 is 0 Å². The summed E-state index contributed by atoms with van der Waals surface area (Å²) in [5.74, 6) is 0.605. The van der Waals surface area contributed by atoms with E-state index in [1.54, 1.807) is 0 Å². The van der Waals surface area contributed by atoms with Gasteiger partial charge in [0, 0.05) is 8.59 Å². The lowest BCUT2D eigenvalue weighted by Gasteiger charge is -2.15. The number of rotatable bonds is 4. The molecule has 2 rings (SSSR count). The van der Waals surface area contributed by atoms with Gasteiger partial charge in [0.1, 0.15) is 6.10 Å². The van der Waals surface area contributed by atoms with Crippen molar-refractivity contribution in [3.8, 4) is 0 Å². The van der Waals surface area contributed by atoms with E-state index >= 15 is 0 Å². The summed E-state index contributed by atoms with van der Waals surface area (Å²) in [6.45, 7) is 4.39. The second-order valence-electron chi connectivity index (χ2n) is 5.41. The van der Waals surface area contributed by atoms with E-state index in [9.17, 15) is 5.11 Å². The van der Waals surface area contributed by atoms with Crippen LogP contribution in [0.2, 0.25) is 5.02 Å². The second-order valence-corrected chi connectivity index (χ2v) is 7.01. The first-order chi connectivity index (χ1) is 9.47. The van der Waals surface area contributed by atoms with E-state index in [1.165, 1.54) is 5.56 Å². The highest BCUT2D eigenvalue weighted by Gasteiger charge is 2.14. The molecule has 0 amide bonds. The largest absolute Gasteiger partial charge is 0.384 e. The van der Waals surface area contributed by atoms with Crippen molar-refractivity contribution >= 4 is 34.2 Å². The van der Waals surface area contributed by atoms with Crippen molar-refractivity contribution in [1.82, 2.24) is 0 Å². The summed E-state index contributed by atoms with van der Waals surface area (Å²) in [4.78, 5) is 0. The number of hydrogen-bond acceptors (Lipinski definition) is 1. The Hall–Kier alpha value is -0.580. The zero-order valence-corrected chi connectivity index (χ0v) is 14.5. The monoisotopic (exact) mass is 400 g/mol. The molecule has 1 N–H and O–H groups in total. The Kier molecular flexibility index (Phi) is 5.47. The molecule has 0 saturated carbocycles. The third-order valence-corrected chi connectivity index (χ3v) is 4.38. The summed E-state index contributed by atoms with van der Waals surface area (Å²) >= 11 is 8.26. The molecule has 0 aromatic heterocycles. The number of halogens is 2. The summed E-state index contributed by atoms with van der Waals surface area (Å²) in [5, 5.41) is 11.2. The Balaban J connectivity index is 2.33. The van der Waals surface area contributed by atoms with Crippen molar-refractivity contribution in [3.63, 3.8) is 0 Å². The number of hydrogen-bond donors (Lipinski definition) is 1. The molecule has 0 aliphatic carbocycles. The van der Waals surface area contributed by atoms with E-state index in [4.69, 9.17) is 11.6 Å². The molecule has 0 heterocycles. The number of benzene rings is 2. The Bertz CT molecular complexity index is 595. The summed E-state index contributed by atoms with van der Waals surface area (Å²) in [6, 6.07) is 13.8. The first-order valence-corrected chi connectivity index (χ1v) is 8.15. The predicted octanol–water partition coefficient (Wildman–Crippen LogP) is 5.22. The normalized spacial score (nSPS) is 12.7. The standard InChI is InChI=1S/C17H18ClIO/c1-11(2)8-12-4-3-5-13(9-12)17(20)15-10-14(18)6-7-16(15)19/h3-7,9-11,17,20H,8H2,1-2H3. The van der Waals surface area contributed by atoms with Crippen LogP contribution in [0.25, 0.3) is 0 Å². The van der Waals surface area contributed by atoms with E-state index in [0.717, 1.165) is 21.1 Å². The van der Waals surface area contributed by atoms with Gasteiger partial charge < -0.3 is 5.11 Å². The van der Waals surface area contributed by atoms with Crippen LogP contribution in [0.1, 0.15) is 36.6 Å². The highest BCUT2D eigenvalue weighted by atomic mass is 127. The fourth-order valence-corrected chi connectivity index (χ4v) is 3.08. The SMILES string of the molecule is CC(C)Cc1cccc(C(O)c2cc(Cl)ccc2I)c1. The van der Waals surface area contributed by atoms with Gasteiger partial charge in [0.05, 0.1) is 0 Å². The number of aliphatic hydroxyl groups excluding tert-OH is 1. The Labute approximate surface area is 139 Å². The smallest absolute Gasteiger partial charge is 0.105 e. The van der Waals surface area contributed by atoms with Gasteiger partial charge in [-0.1, -0.05) is 49.7 Å². The van der Waals surface area contributed by atoms with Crippen LogP contribution in [-0.2, 0) is 6.42 Å². The van der Waals surface area contributed by atoms with E-state index in [2.05, 4.69) is 48.6 Å². The lowest BCUT2D eigenvalue weighted by molar-refractivity contribution is 0.219. The highest BCUT2D eigenvalue weighted by Crippen LogP contribution is 2.29. The molecule has 3 heteroatoms. The minimum absolute atomic E-state index is 0.605. The van der Waals surface area contributed by atoms with Crippen LogP contribution in [0, 0.1) is 9.49 Å². The van der Waals surface area contributed by atoms with E-state index in [1.807, 2.05) is 30.3 Å². The molecule has 0 saturated heterocycles. The van der Waals surface area contributed by atoms with Crippen molar-refractivity contribution in [2.24, 2.45) is 5.92 Å². The second kappa shape index (κ2) is 6.92. The molecule has 1 atom stereocenters. The molecule has 0 aliphatic rings. The first-order valence-electron chi connectivity index (χ1n) is 6.69. The van der Waals surface area contributed by atoms with Gasteiger partial charge in [-0.3, -0.25) is 0 Å². The van der Waals surface area contributed by atoms with Gasteiger partial charge in [-0.05, 0) is 69.8 Å². The fraction of sp³-hybridized carbons (Fsp3) is 0.294. The summed E-state index contributed by atoms with van der Waals surface area (Å²) in [7, 11) is 0. The van der Waals surface area contributed by atoms with E-state index in [0.29, 0.717) is 10.9 Å². The summed E-state index contributed by atoms with van der Waals surface area (Å²) < 4.78 is 1.02. The summed E-state index contributed by atoms with van der Waals surface area (Å²) in [6.07, 6.45) is 0.389. The molecular weight excluding hydrogens is 383 g/mol. The van der Waals surface area contributed by atoms with Gasteiger partial charge in [0.2, 0.25) is 0 Å². The van der Waals surface area contributed by atoms with E-state index in [-0.39, 0.29) is 0 Å². The van der Waals surface area contributed by atoms with Gasteiger partial charge in [-0.15, -0.1) is 0 Å². The van der Waals surface area contributed by atoms with Crippen LogP contribution in [0.4, 0.5) is 0 Å². The van der Waals surface area contributed by atoms with Gasteiger partial charge in [0.15, 0.2) is 0 Å². The third kappa shape index (κ3) is 3.96. The molecule has 0 bridgehead atoms. The van der Waals surface area contributed by atoms with Crippen LogP contribution in [0.5, 0.6) is 0 Å². The Morgan fingerprint density at radius 3 is 2.60 bits per heavy atom.